The minimum Gasteiger partial charge on any atom is -0.444 e. The quantitative estimate of drug-likeness (QED) is 0.765. The average Bonchev–Trinajstić information content (AvgIpc) is 3.08. The van der Waals surface area contributed by atoms with E-state index in [-0.39, 0.29) is 30.2 Å². The first kappa shape index (κ1) is 21.7. The summed E-state index contributed by atoms with van der Waals surface area (Å²) < 4.78 is 8.77. The SMILES string of the molecule is CC[C@@H]1CN(c2cc(=O)n(C)n3cc(CC#N)nc23)[C@@H](C)CN1C(=O)OC(C)(C)C. The summed E-state index contributed by atoms with van der Waals surface area (Å²) in [6.45, 7) is 10.7. The summed E-state index contributed by atoms with van der Waals surface area (Å²) in [5.41, 5.74) is 1.26. The van der Waals surface area contributed by atoms with Crippen molar-refractivity contribution >= 4 is 17.4 Å². The summed E-state index contributed by atoms with van der Waals surface area (Å²) in [5, 5.41) is 9.03. The first-order valence-electron chi connectivity index (χ1n) is 10.3. The highest BCUT2D eigenvalue weighted by molar-refractivity contribution is 5.72. The van der Waals surface area contributed by atoms with Crippen LogP contribution in [-0.4, -0.2) is 55.9 Å². The lowest BCUT2D eigenvalue weighted by molar-refractivity contribution is 0.0106. The van der Waals surface area contributed by atoms with E-state index >= 15 is 0 Å². The Hall–Kier alpha value is -3.02. The molecule has 9 heteroatoms. The van der Waals surface area contributed by atoms with Crippen molar-refractivity contribution in [3.05, 3.63) is 28.3 Å². The van der Waals surface area contributed by atoms with Crippen LogP contribution >= 0.6 is 0 Å². The number of nitrogens with zero attached hydrogens (tertiary/aromatic N) is 6. The van der Waals surface area contributed by atoms with E-state index in [1.165, 1.54) is 4.68 Å². The maximum atomic E-state index is 12.7. The van der Waals surface area contributed by atoms with Crippen molar-refractivity contribution in [1.82, 2.24) is 19.1 Å². The highest BCUT2D eigenvalue weighted by Gasteiger charge is 2.37. The predicted octanol–water partition coefficient (Wildman–Crippen LogP) is 2.32. The molecule has 1 saturated heterocycles. The average molecular weight is 415 g/mol. The topological polar surface area (TPSA) is 95.9 Å². The Morgan fingerprint density at radius 1 is 1.37 bits per heavy atom. The van der Waals surface area contributed by atoms with E-state index in [4.69, 9.17) is 10.00 Å². The summed E-state index contributed by atoms with van der Waals surface area (Å²) in [4.78, 5) is 33.9. The molecule has 1 fully saturated rings. The number of hydrogen-bond donors (Lipinski definition) is 0. The van der Waals surface area contributed by atoms with Crippen molar-refractivity contribution in [2.45, 2.75) is 65.1 Å². The smallest absolute Gasteiger partial charge is 0.410 e. The van der Waals surface area contributed by atoms with Crippen LogP contribution < -0.4 is 10.5 Å². The molecule has 0 spiro atoms. The number of ether oxygens (including phenoxy) is 1. The summed E-state index contributed by atoms with van der Waals surface area (Å²) in [6.07, 6.45) is 2.35. The first-order valence-corrected chi connectivity index (χ1v) is 10.3. The van der Waals surface area contributed by atoms with Gasteiger partial charge in [-0.05, 0) is 34.1 Å². The summed E-state index contributed by atoms with van der Waals surface area (Å²) in [5.74, 6) is 0. The fraction of sp³-hybridized carbons (Fsp3) is 0.619. The molecule has 1 aliphatic heterocycles. The number of nitriles is 1. The van der Waals surface area contributed by atoms with Gasteiger partial charge in [-0.3, -0.25) is 4.79 Å². The third-order valence-corrected chi connectivity index (χ3v) is 5.38. The highest BCUT2D eigenvalue weighted by atomic mass is 16.6. The van der Waals surface area contributed by atoms with Gasteiger partial charge >= 0.3 is 6.09 Å². The minimum absolute atomic E-state index is 0.0349. The van der Waals surface area contributed by atoms with Gasteiger partial charge in [0.2, 0.25) is 0 Å². The van der Waals surface area contributed by atoms with Gasteiger partial charge in [0.25, 0.3) is 5.56 Å². The number of carbonyl (C=O) groups is 1. The second-order valence-corrected chi connectivity index (χ2v) is 8.82. The molecular formula is C21H30N6O3. The zero-order valence-corrected chi connectivity index (χ0v) is 18.5. The van der Waals surface area contributed by atoms with Gasteiger partial charge in [0.05, 0.1) is 36.1 Å². The van der Waals surface area contributed by atoms with Gasteiger partial charge < -0.3 is 14.5 Å². The summed E-state index contributed by atoms with van der Waals surface area (Å²) in [6, 6.07) is 3.61. The van der Waals surface area contributed by atoms with Crippen molar-refractivity contribution in [3.63, 3.8) is 0 Å². The molecule has 2 atom stereocenters. The first-order chi connectivity index (χ1) is 14.1. The van der Waals surface area contributed by atoms with E-state index in [1.807, 2.05) is 34.6 Å². The molecule has 2 aromatic heterocycles. The lowest BCUT2D eigenvalue weighted by atomic mass is 10.0. The highest BCUT2D eigenvalue weighted by Crippen LogP contribution is 2.28. The maximum absolute atomic E-state index is 12.7. The largest absolute Gasteiger partial charge is 0.444 e. The van der Waals surface area contributed by atoms with Crippen LogP contribution in [0.3, 0.4) is 0 Å². The monoisotopic (exact) mass is 414 g/mol. The van der Waals surface area contributed by atoms with E-state index in [9.17, 15) is 9.59 Å². The molecule has 30 heavy (non-hydrogen) atoms. The van der Waals surface area contributed by atoms with Crippen LogP contribution in [0.15, 0.2) is 17.1 Å². The normalized spacial score (nSPS) is 19.8. The van der Waals surface area contributed by atoms with Gasteiger partial charge in [-0.2, -0.15) is 5.26 Å². The molecular weight excluding hydrogens is 384 g/mol. The Balaban J connectivity index is 1.98. The molecule has 1 amide bonds. The van der Waals surface area contributed by atoms with E-state index in [2.05, 4.69) is 16.0 Å². The maximum Gasteiger partial charge on any atom is 0.410 e. The van der Waals surface area contributed by atoms with Crippen molar-refractivity contribution in [1.29, 1.82) is 5.26 Å². The van der Waals surface area contributed by atoms with Gasteiger partial charge in [-0.25, -0.2) is 19.0 Å². The lowest BCUT2D eigenvalue weighted by Gasteiger charge is -2.46. The molecule has 0 unspecified atom stereocenters. The Bertz CT molecular complexity index is 1040. The third kappa shape index (κ3) is 4.13. The summed E-state index contributed by atoms with van der Waals surface area (Å²) >= 11 is 0. The van der Waals surface area contributed by atoms with Crippen molar-refractivity contribution in [2.75, 3.05) is 18.0 Å². The van der Waals surface area contributed by atoms with Crippen molar-refractivity contribution < 1.29 is 9.53 Å². The zero-order valence-electron chi connectivity index (χ0n) is 18.5. The predicted molar refractivity (Wildman–Crippen MR) is 114 cm³/mol. The Kier molecular flexibility index (Phi) is 5.79. The molecule has 0 bridgehead atoms. The molecule has 162 valence electrons. The number of aromatic nitrogens is 3. The fourth-order valence-electron chi connectivity index (χ4n) is 3.85. The minimum atomic E-state index is -0.555. The fourth-order valence-corrected chi connectivity index (χ4v) is 3.85. The van der Waals surface area contributed by atoms with Crippen LogP contribution in [0.25, 0.3) is 5.65 Å². The lowest BCUT2D eigenvalue weighted by Crippen LogP contribution is -2.60. The standard InChI is InChI=1S/C21H30N6O3/c1-7-16-13-25(14(2)11-26(16)20(29)30-21(3,4)5)17-10-18(28)24(6)27-12-15(8-9-22)23-19(17)27/h10,12,14,16H,7-8,11,13H2,1-6H3/t14-,16+/m0/s1. The van der Waals surface area contributed by atoms with Gasteiger partial charge in [-0.1, -0.05) is 6.92 Å². The zero-order chi connectivity index (χ0) is 22.2. The van der Waals surface area contributed by atoms with Gasteiger partial charge in [-0.15, -0.1) is 0 Å². The number of hydrogen-bond acceptors (Lipinski definition) is 6. The van der Waals surface area contributed by atoms with Crippen LogP contribution in [0.5, 0.6) is 0 Å². The molecule has 0 aliphatic carbocycles. The molecule has 3 rings (SSSR count). The molecule has 2 aromatic rings. The van der Waals surface area contributed by atoms with Crippen LogP contribution in [-0.2, 0) is 18.2 Å². The molecule has 9 nitrogen and oxygen atoms in total. The van der Waals surface area contributed by atoms with E-state index in [0.29, 0.717) is 24.4 Å². The Labute approximate surface area is 176 Å². The second-order valence-electron chi connectivity index (χ2n) is 8.82. The molecule has 0 aromatic carbocycles. The number of aryl methyl sites for hydroxylation is 1. The molecule has 1 aliphatic rings. The number of fused-ring (bicyclic) bond motifs is 1. The number of imidazole rings is 1. The molecule has 0 radical (unpaired) electrons. The number of piperazine rings is 1. The number of carbonyl (C=O) groups excluding carboxylic acids is 1. The van der Waals surface area contributed by atoms with E-state index in [0.717, 1.165) is 12.1 Å². The van der Waals surface area contributed by atoms with Crippen molar-refractivity contribution in [2.24, 2.45) is 7.05 Å². The van der Waals surface area contributed by atoms with Gasteiger partial charge in [0.1, 0.15) is 5.60 Å². The van der Waals surface area contributed by atoms with Crippen LogP contribution in [0.2, 0.25) is 0 Å². The number of rotatable bonds is 3. The molecule has 3 heterocycles. The molecule has 0 saturated carbocycles. The Morgan fingerprint density at radius 3 is 2.67 bits per heavy atom. The van der Waals surface area contributed by atoms with E-state index in [1.54, 1.807) is 28.7 Å². The summed E-state index contributed by atoms with van der Waals surface area (Å²) in [7, 11) is 1.68. The molecule has 0 N–H and O–H groups in total. The Morgan fingerprint density at radius 2 is 2.07 bits per heavy atom. The van der Waals surface area contributed by atoms with Crippen molar-refractivity contribution in [3.8, 4) is 6.07 Å². The van der Waals surface area contributed by atoms with Crippen LogP contribution in [0.4, 0.5) is 10.5 Å². The third-order valence-electron chi connectivity index (χ3n) is 5.38. The van der Waals surface area contributed by atoms with Gasteiger partial charge in [0.15, 0.2) is 5.65 Å². The van der Waals surface area contributed by atoms with E-state index < -0.39 is 5.60 Å². The van der Waals surface area contributed by atoms with Crippen LogP contribution in [0, 0.1) is 11.3 Å². The second kappa shape index (κ2) is 8.01. The van der Waals surface area contributed by atoms with Crippen LogP contribution in [0.1, 0.15) is 46.7 Å². The number of anilines is 1. The number of amides is 1. The van der Waals surface area contributed by atoms with Gasteiger partial charge in [0, 0.05) is 32.2 Å².